The first-order valence-electron chi connectivity index (χ1n) is 10.3. The van der Waals surface area contributed by atoms with Crippen molar-refractivity contribution in [3.63, 3.8) is 0 Å². The highest BCUT2D eigenvalue weighted by atomic mass is 32.2. The molecule has 0 fully saturated rings. The third-order valence-corrected chi connectivity index (χ3v) is 8.03. The Labute approximate surface area is 190 Å². The number of anilines is 1. The highest BCUT2D eigenvalue weighted by Crippen LogP contribution is 2.23. The molecule has 9 heteroatoms. The van der Waals surface area contributed by atoms with E-state index in [0.717, 1.165) is 36.2 Å². The van der Waals surface area contributed by atoms with Crippen LogP contribution in [0.25, 0.3) is 0 Å². The number of fused-ring (bicyclic) bond motifs is 1. The van der Waals surface area contributed by atoms with Crippen molar-refractivity contribution in [2.75, 3.05) is 4.72 Å². The zero-order valence-electron chi connectivity index (χ0n) is 17.3. The number of benzene rings is 2. The Morgan fingerprint density at radius 2 is 1.69 bits per heavy atom. The minimum atomic E-state index is -3.80. The van der Waals surface area contributed by atoms with Crippen molar-refractivity contribution < 1.29 is 18.0 Å². The summed E-state index contributed by atoms with van der Waals surface area (Å²) < 4.78 is 27.6. The lowest BCUT2D eigenvalue weighted by Gasteiger charge is -2.16. The fraction of sp³-hybridized carbons (Fsp3) is 0.217. The van der Waals surface area contributed by atoms with Gasteiger partial charge in [-0.05, 0) is 66.0 Å². The number of nitrogens with one attached hydrogen (secondary N) is 3. The fourth-order valence-corrected chi connectivity index (χ4v) is 5.77. The van der Waals surface area contributed by atoms with Crippen LogP contribution >= 0.6 is 11.3 Å². The van der Waals surface area contributed by atoms with Gasteiger partial charge < -0.3 is 0 Å². The lowest BCUT2D eigenvalue weighted by atomic mass is 9.90. The molecule has 1 aliphatic carbocycles. The first-order chi connectivity index (χ1) is 15.4. The molecule has 0 unspecified atom stereocenters. The van der Waals surface area contributed by atoms with E-state index >= 15 is 0 Å². The molecule has 0 aliphatic heterocycles. The zero-order chi connectivity index (χ0) is 22.6. The number of carbonyl (C=O) groups excluding carboxylic acids is 2. The van der Waals surface area contributed by atoms with Gasteiger partial charge in [-0.3, -0.25) is 25.2 Å². The third kappa shape index (κ3) is 5.17. The molecular weight excluding hydrogens is 446 g/mol. The molecule has 166 valence electrons. The average molecular weight is 470 g/mol. The maximum Gasteiger partial charge on any atom is 0.271 e. The molecule has 32 heavy (non-hydrogen) atoms. The zero-order valence-corrected chi connectivity index (χ0v) is 18.9. The number of hydrogen-bond acceptors (Lipinski definition) is 5. The van der Waals surface area contributed by atoms with Gasteiger partial charge in [-0.25, -0.2) is 8.42 Å². The van der Waals surface area contributed by atoms with E-state index in [0.29, 0.717) is 0 Å². The van der Waals surface area contributed by atoms with Crippen LogP contribution in [-0.4, -0.2) is 20.2 Å². The number of amides is 2. The van der Waals surface area contributed by atoms with Crippen LogP contribution in [0.5, 0.6) is 0 Å². The minimum Gasteiger partial charge on any atom is -0.278 e. The molecule has 0 saturated heterocycles. The Kier molecular flexibility index (Phi) is 6.57. The van der Waals surface area contributed by atoms with E-state index in [9.17, 15) is 18.0 Å². The molecule has 7 nitrogen and oxygen atoms in total. The van der Waals surface area contributed by atoms with Crippen molar-refractivity contribution in [3.05, 3.63) is 82.2 Å². The first-order valence-corrected chi connectivity index (χ1v) is 12.6. The number of thiophene rings is 1. The SMILES string of the molecule is O=C(Cc1ccc2c(c1)CCCC2)NNC(=O)c1ccccc1NS(=O)(=O)c1cccs1. The lowest BCUT2D eigenvalue weighted by molar-refractivity contribution is -0.121. The van der Waals surface area contributed by atoms with Crippen LogP contribution in [0, 0.1) is 0 Å². The minimum absolute atomic E-state index is 0.0988. The van der Waals surface area contributed by atoms with E-state index in [-0.39, 0.29) is 27.8 Å². The van der Waals surface area contributed by atoms with Gasteiger partial charge in [0.15, 0.2) is 0 Å². The summed E-state index contributed by atoms with van der Waals surface area (Å²) in [5, 5.41) is 1.66. The maximum absolute atomic E-state index is 12.6. The molecule has 3 aromatic rings. The van der Waals surface area contributed by atoms with Crippen LogP contribution in [-0.2, 0) is 34.1 Å². The van der Waals surface area contributed by atoms with E-state index in [1.807, 2.05) is 6.07 Å². The van der Waals surface area contributed by atoms with E-state index in [4.69, 9.17) is 0 Å². The maximum atomic E-state index is 12.6. The highest BCUT2D eigenvalue weighted by molar-refractivity contribution is 7.94. The van der Waals surface area contributed by atoms with Gasteiger partial charge in [0.2, 0.25) is 5.91 Å². The predicted molar refractivity (Wildman–Crippen MR) is 124 cm³/mol. The number of sulfonamides is 1. The smallest absolute Gasteiger partial charge is 0.271 e. The van der Waals surface area contributed by atoms with Gasteiger partial charge in [0.05, 0.1) is 17.7 Å². The molecule has 1 heterocycles. The number of hydrazine groups is 1. The Balaban J connectivity index is 1.39. The standard InChI is InChI=1S/C23H23N3O4S2/c27-21(15-16-11-12-17-6-1-2-7-18(17)14-16)24-25-23(28)19-8-3-4-9-20(19)26-32(29,30)22-10-5-13-31-22/h3-5,8-14,26H,1-2,6-7,15H2,(H,24,27)(H,25,28). The molecule has 3 N–H and O–H groups in total. The molecule has 1 aliphatic rings. The summed E-state index contributed by atoms with van der Waals surface area (Å²) in [5.41, 5.74) is 8.53. The van der Waals surface area contributed by atoms with Gasteiger partial charge in [0.1, 0.15) is 4.21 Å². The summed E-state index contributed by atoms with van der Waals surface area (Å²) in [7, 11) is -3.80. The van der Waals surface area contributed by atoms with Crippen LogP contribution in [0.3, 0.4) is 0 Å². The lowest BCUT2D eigenvalue weighted by Crippen LogP contribution is -2.42. The second-order valence-corrected chi connectivity index (χ2v) is 10.4. The van der Waals surface area contributed by atoms with E-state index in [1.165, 1.54) is 35.7 Å². The van der Waals surface area contributed by atoms with Crippen molar-refractivity contribution in [2.24, 2.45) is 0 Å². The summed E-state index contributed by atoms with van der Waals surface area (Å²) >= 11 is 1.08. The van der Waals surface area contributed by atoms with Gasteiger partial charge in [0.25, 0.3) is 15.9 Å². The molecule has 2 aromatic carbocycles. The average Bonchev–Trinajstić information content (AvgIpc) is 3.34. The van der Waals surface area contributed by atoms with Gasteiger partial charge in [0, 0.05) is 0 Å². The number of hydrogen-bond donors (Lipinski definition) is 3. The number of carbonyl (C=O) groups is 2. The third-order valence-electron chi connectivity index (χ3n) is 5.27. The second-order valence-electron chi connectivity index (χ2n) is 7.57. The van der Waals surface area contributed by atoms with Crippen molar-refractivity contribution in [1.82, 2.24) is 10.9 Å². The number of rotatable bonds is 6. The van der Waals surface area contributed by atoms with Crippen LogP contribution in [0.2, 0.25) is 0 Å². The summed E-state index contributed by atoms with van der Waals surface area (Å²) in [4.78, 5) is 25.0. The summed E-state index contributed by atoms with van der Waals surface area (Å²) in [6, 6.07) is 15.4. The Morgan fingerprint density at radius 1 is 0.906 bits per heavy atom. The monoisotopic (exact) mass is 469 g/mol. The number of aryl methyl sites for hydroxylation is 2. The first kappa shape index (κ1) is 22.0. The predicted octanol–water partition coefficient (Wildman–Crippen LogP) is 3.43. The Hall–Kier alpha value is -3.17. The molecule has 4 rings (SSSR count). The highest BCUT2D eigenvalue weighted by Gasteiger charge is 2.20. The van der Waals surface area contributed by atoms with Crippen LogP contribution in [0.15, 0.2) is 64.2 Å². The van der Waals surface area contributed by atoms with Gasteiger partial charge in [-0.2, -0.15) is 0 Å². The van der Waals surface area contributed by atoms with Crippen molar-refractivity contribution in [2.45, 2.75) is 36.3 Å². The Bertz CT molecular complexity index is 1240. The molecule has 0 saturated carbocycles. The summed E-state index contributed by atoms with van der Waals surface area (Å²) in [6.07, 6.45) is 4.60. The van der Waals surface area contributed by atoms with Crippen LogP contribution in [0.4, 0.5) is 5.69 Å². The Morgan fingerprint density at radius 3 is 2.47 bits per heavy atom. The van der Waals surface area contributed by atoms with Gasteiger partial charge in [-0.15, -0.1) is 11.3 Å². The molecule has 0 atom stereocenters. The molecule has 2 amide bonds. The van der Waals surface area contributed by atoms with Crippen LogP contribution in [0.1, 0.15) is 39.9 Å². The molecule has 0 bridgehead atoms. The second kappa shape index (κ2) is 9.54. The molecular formula is C23H23N3O4S2. The topological polar surface area (TPSA) is 104 Å². The summed E-state index contributed by atoms with van der Waals surface area (Å²) in [6.45, 7) is 0. The molecule has 0 spiro atoms. The summed E-state index contributed by atoms with van der Waals surface area (Å²) in [5.74, 6) is -0.973. The van der Waals surface area contributed by atoms with Gasteiger partial charge >= 0.3 is 0 Å². The van der Waals surface area contributed by atoms with E-state index in [2.05, 4.69) is 27.7 Å². The van der Waals surface area contributed by atoms with Crippen LogP contribution < -0.4 is 15.6 Å². The fourth-order valence-electron chi connectivity index (χ4n) is 3.70. The van der Waals surface area contributed by atoms with Crippen molar-refractivity contribution in [1.29, 1.82) is 0 Å². The normalized spacial score (nSPS) is 13.1. The quantitative estimate of drug-likeness (QED) is 0.481. The molecule has 1 aromatic heterocycles. The van der Waals surface area contributed by atoms with E-state index in [1.54, 1.807) is 23.6 Å². The van der Waals surface area contributed by atoms with Crippen molar-refractivity contribution >= 4 is 38.9 Å². The largest absolute Gasteiger partial charge is 0.278 e. The van der Waals surface area contributed by atoms with E-state index < -0.39 is 15.9 Å². The number of para-hydroxylation sites is 1. The van der Waals surface area contributed by atoms with Crippen molar-refractivity contribution in [3.8, 4) is 0 Å². The molecule has 0 radical (unpaired) electrons. The van der Waals surface area contributed by atoms with Gasteiger partial charge in [-0.1, -0.05) is 36.4 Å².